The second kappa shape index (κ2) is 4.59. The standard InChI is InChI=1S/C13H21NOSi/c1-16(2,3)15-13-7-5-4-6-12(13)11-8-9-14-10-11/h4-7,11,14H,8-10H2,1-3H3. The molecule has 1 saturated heterocycles. The smallest absolute Gasteiger partial charge is 0.242 e. The fourth-order valence-corrected chi connectivity index (χ4v) is 3.01. The lowest BCUT2D eigenvalue weighted by atomic mass is 9.98. The summed E-state index contributed by atoms with van der Waals surface area (Å²) in [5.41, 5.74) is 1.38. The van der Waals surface area contributed by atoms with E-state index in [2.05, 4.69) is 49.2 Å². The molecule has 1 atom stereocenters. The molecule has 0 aliphatic carbocycles. The average Bonchev–Trinajstić information content (AvgIpc) is 2.69. The van der Waals surface area contributed by atoms with E-state index in [1.54, 1.807) is 0 Å². The van der Waals surface area contributed by atoms with Gasteiger partial charge in [-0.3, -0.25) is 0 Å². The molecular formula is C13H21NOSi. The topological polar surface area (TPSA) is 21.3 Å². The molecule has 1 fully saturated rings. The van der Waals surface area contributed by atoms with E-state index in [9.17, 15) is 0 Å². The van der Waals surface area contributed by atoms with E-state index < -0.39 is 8.32 Å². The van der Waals surface area contributed by atoms with E-state index in [1.807, 2.05) is 0 Å². The quantitative estimate of drug-likeness (QED) is 0.813. The van der Waals surface area contributed by atoms with Gasteiger partial charge in [0.05, 0.1) is 0 Å². The molecule has 1 aliphatic heterocycles. The fraction of sp³-hybridized carbons (Fsp3) is 0.538. The predicted molar refractivity (Wildman–Crippen MR) is 70.6 cm³/mol. The second-order valence-electron chi connectivity index (χ2n) is 5.44. The first-order chi connectivity index (χ1) is 7.56. The van der Waals surface area contributed by atoms with E-state index in [0.717, 1.165) is 18.8 Å². The summed E-state index contributed by atoms with van der Waals surface area (Å²) in [6, 6.07) is 8.52. The van der Waals surface area contributed by atoms with Crippen molar-refractivity contribution in [1.82, 2.24) is 5.32 Å². The molecular weight excluding hydrogens is 214 g/mol. The Hall–Kier alpha value is -0.803. The minimum absolute atomic E-state index is 0.632. The molecule has 1 unspecified atom stereocenters. The number of nitrogens with one attached hydrogen (secondary N) is 1. The molecule has 1 aliphatic rings. The Balaban J connectivity index is 2.23. The number of benzene rings is 1. The van der Waals surface area contributed by atoms with Gasteiger partial charge < -0.3 is 9.74 Å². The third-order valence-electron chi connectivity index (χ3n) is 2.84. The molecule has 2 nitrogen and oxygen atoms in total. The van der Waals surface area contributed by atoms with Crippen LogP contribution in [0.5, 0.6) is 5.75 Å². The van der Waals surface area contributed by atoms with Crippen molar-refractivity contribution in [3.8, 4) is 5.75 Å². The molecule has 3 heteroatoms. The van der Waals surface area contributed by atoms with Crippen molar-refractivity contribution in [2.75, 3.05) is 13.1 Å². The molecule has 88 valence electrons. The van der Waals surface area contributed by atoms with Gasteiger partial charge in [0.2, 0.25) is 8.32 Å². The Morgan fingerprint density at radius 1 is 1.25 bits per heavy atom. The maximum Gasteiger partial charge on any atom is 0.242 e. The van der Waals surface area contributed by atoms with Crippen LogP contribution in [0.25, 0.3) is 0 Å². The first kappa shape index (κ1) is 11.7. The van der Waals surface area contributed by atoms with Crippen LogP contribution in [0.3, 0.4) is 0 Å². The first-order valence-corrected chi connectivity index (χ1v) is 9.46. The Morgan fingerprint density at radius 3 is 2.62 bits per heavy atom. The van der Waals surface area contributed by atoms with E-state index in [4.69, 9.17) is 4.43 Å². The highest BCUT2D eigenvalue weighted by Crippen LogP contribution is 2.31. The largest absolute Gasteiger partial charge is 0.544 e. The highest BCUT2D eigenvalue weighted by atomic mass is 28.4. The van der Waals surface area contributed by atoms with Crippen LogP contribution in [0, 0.1) is 0 Å². The summed E-state index contributed by atoms with van der Waals surface area (Å²) in [6.45, 7) is 8.92. The SMILES string of the molecule is C[Si](C)(C)Oc1ccccc1C1CCNC1. The molecule has 1 heterocycles. The van der Waals surface area contributed by atoms with Crippen molar-refractivity contribution in [2.45, 2.75) is 32.0 Å². The number of hydrogen-bond donors (Lipinski definition) is 1. The third-order valence-corrected chi connectivity index (χ3v) is 3.67. The molecule has 1 aromatic rings. The molecule has 0 radical (unpaired) electrons. The summed E-state index contributed by atoms with van der Waals surface area (Å²) >= 11 is 0. The minimum atomic E-state index is -1.50. The Kier molecular flexibility index (Phi) is 3.35. The molecule has 0 aromatic heterocycles. The molecule has 2 rings (SSSR count). The van der Waals surface area contributed by atoms with Crippen molar-refractivity contribution in [2.24, 2.45) is 0 Å². The van der Waals surface area contributed by atoms with Gasteiger partial charge in [0.15, 0.2) is 0 Å². The van der Waals surface area contributed by atoms with Crippen molar-refractivity contribution in [1.29, 1.82) is 0 Å². The highest BCUT2D eigenvalue weighted by Gasteiger charge is 2.23. The molecule has 0 amide bonds. The summed E-state index contributed by atoms with van der Waals surface area (Å²) < 4.78 is 6.16. The van der Waals surface area contributed by atoms with Gasteiger partial charge in [-0.25, -0.2) is 0 Å². The highest BCUT2D eigenvalue weighted by molar-refractivity contribution is 6.70. The second-order valence-corrected chi connectivity index (χ2v) is 9.87. The Morgan fingerprint density at radius 2 is 2.00 bits per heavy atom. The molecule has 0 saturated carbocycles. The van der Waals surface area contributed by atoms with Crippen LogP contribution in [0.1, 0.15) is 17.9 Å². The zero-order chi connectivity index (χ0) is 11.6. The van der Waals surface area contributed by atoms with Crippen LogP contribution < -0.4 is 9.74 Å². The van der Waals surface area contributed by atoms with Gasteiger partial charge in [0.25, 0.3) is 0 Å². The lowest BCUT2D eigenvalue weighted by Crippen LogP contribution is -2.30. The third kappa shape index (κ3) is 2.86. The molecule has 16 heavy (non-hydrogen) atoms. The van der Waals surface area contributed by atoms with Crippen molar-refractivity contribution < 1.29 is 4.43 Å². The van der Waals surface area contributed by atoms with E-state index in [-0.39, 0.29) is 0 Å². The zero-order valence-corrected chi connectivity index (χ0v) is 11.4. The van der Waals surface area contributed by atoms with Gasteiger partial charge in [-0.15, -0.1) is 0 Å². The van der Waals surface area contributed by atoms with Gasteiger partial charge in [-0.1, -0.05) is 18.2 Å². The van der Waals surface area contributed by atoms with E-state index in [1.165, 1.54) is 12.0 Å². The number of hydrogen-bond acceptors (Lipinski definition) is 2. The lowest BCUT2D eigenvalue weighted by molar-refractivity contribution is 0.540. The summed E-state index contributed by atoms with van der Waals surface area (Å²) in [5.74, 6) is 1.74. The molecule has 0 bridgehead atoms. The number of rotatable bonds is 3. The van der Waals surface area contributed by atoms with Crippen molar-refractivity contribution in [3.05, 3.63) is 29.8 Å². The summed E-state index contributed by atoms with van der Waals surface area (Å²) in [6.07, 6.45) is 1.23. The Bertz CT molecular complexity index is 353. The van der Waals surface area contributed by atoms with Gasteiger partial charge in [0.1, 0.15) is 5.75 Å². The van der Waals surface area contributed by atoms with Crippen LogP contribution in [0.2, 0.25) is 19.6 Å². The van der Waals surface area contributed by atoms with Crippen LogP contribution in [0.15, 0.2) is 24.3 Å². The van der Waals surface area contributed by atoms with Crippen molar-refractivity contribution >= 4 is 8.32 Å². The van der Waals surface area contributed by atoms with Gasteiger partial charge in [-0.2, -0.15) is 0 Å². The van der Waals surface area contributed by atoms with Gasteiger partial charge >= 0.3 is 0 Å². The Labute approximate surface area is 99.1 Å². The van der Waals surface area contributed by atoms with Crippen LogP contribution in [-0.2, 0) is 0 Å². The fourth-order valence-electron chi connectivity index (χ4n) is 2.16. The predicted octanol–water partition coefficient (Wildman–Crippen LogP) is 2.98. The lowest BCUT2D eigenvalue weighted by Gasteiger charge is -2.23. The number of para-hydroxylation sites is 1. The van der Waals surface area contributed by atoms with Gasteiger partial charge in [0, 0.05) is 12.5 Å². The zero-order valence-electron chi connectivity index (χ0n) is 10.4. The summed E-state index contributed by atoms with van der Waals surface area (Å²) in [7, 11) is -1.50. The molecule has 0 spiro atoms. The van der Waals surface area contributed by atoms with Gasteiger partial charge in [-0.05, 0) is 44.2 Å². The molecule has 1 aromatic carbocycles. The van der Waals surface area contributed by atoms with E-state index in [0.29, 0.717) is 5.92 Å². The van der Waals surface area contributed by atoms with Crippen LogP contribution in [0.4, 0.5) is 0 Å². The van der Waals surface area contributed by atoms with Crippen molar-refractivity contribution in [3.63, 3.8) is 0 Å². The first-order valence-electron chi connectivity index (χ1n) is 6.05. The average molecular weight is 235 g/mol. The van der Waals surface area contributed by atoms with E-state index >= 15 is 0 Å². The monoisotopic (exact) mass is 235 g/mol. The summed E-state index contributed by atoms with van der Waals surface area (Å²) in [4.78, 5) is 0. The van der Waals surface area contributed by atoms with Crippen LogP contribution in [-0.4, -0.2) is 21.4 Å². The summed E-state index contributed by atoms with van der Waals surface area (Å²) in [5, 5.41) is 3.42. The normalized spacial score (nSPS) is 21.1. The minimum Gasteiger partial charge on any atom is -0.544 e. The molecule has 1 N–H and O–H groups in total. The maximum absolute atomic E-state index is 6.16. The maximum atomic E-state index is 6.16. The van der Waals surface area contributed by atoms with Crippen LogP contribution >= 0.6 is 0 Å².